The van der Waals surface area contributed by atoms with E-state index in [1.54, 1.807) is 24.3 Å². The fourth-order valence-corrected chi connectivity index (χ4v) is 3.34. The molecular formula is C23H16Cl4N2O5. The van der Waals surface area contributed by atoms with Crippen molar-refractivity contribution in [1.82, 2.24) is 5.43 Å². The van der Waals surface area contributed by atoms with E-state index in [1.165, 1.54) is 43.7 Å². The number of nitrogens with zero attached hydrogens (tertiary/aromatic N) is 1. The maximum atomic E-state index is 12.4. The maximum Gasteiger partial charge on any atom is 0.343 e. The number of esters is 1. The molecule has 0 aliphatic carbocycles. The summed E-state index contributed by atoms with van der Waals surface area (Å²) in [5.41, 5.74) is 3.14. The van der Waals surface area contributed by atoms with Gasteiger partial charge in [-0.05, 0) is 60.2 Å². The number of benzene rings is 3. The van der Waals surface area contributed by atoms with Gasteiger partial charge < -0.3 is 14.2 Å². The van der Waals surface area contributed by atoms with Crippen LogP contribution in [0.25, 0.3) is 0 Å². The largest absolute Gasteiger partial charge is 0.493 e. The normalized spacial score (nSPS) is 10.7. The summed E-state index contributed by atoms with van der Waals surface area (Å²) in [5, 5.41) is 5.18. The van der Waals surface area contributed by atoms with Crippen LogP contribution in [0.2, 0.25) is 20.1 Å². The highest BCUT2D eigenvalue weighted by Crippen LogP contribution is 2.30. The summed E-state index contributed by atoms with van der Waals surface area (Å²) in [6.07, 6.45) is 1.39. The zero-order chi connectivity index (χ0) is 24.7. The first-order valence-corrected chi connectivity index (χ1v) is 11.0. The molecule has 0 bridgehead atoms. The lowest BCUT2D eigenvalue weighted by molar-refractivity contribution is -0.123. The van der Waals surface area contributed by atoms with Crippen molar-refractivity contribution in [3.63, 3.8) is 0 Å². The first-order chi connectivity index (χ1) is 16.3. The van der Waals surface area contributed by atoms with Crippen molar-refractivity contribution in [2.24, 2.45) is 5.10 Å². The second-order valence-electron chi connectivity index (χ2n) is 6.59. The summed E-state index contributed by atoms with van der Waals surface area (Å²) in [4.78, 5) is 24.3. The molecule has 0 radical (unpaired) electrons. The molecule has 0 saturated carbocycles. The van der Waals surface area contributed by atoms with Gasteiger partial charge in [0.15, 0.2) is 18.1 Å². The third kappa shape index (κ3) is 7.01. The predicted molar refractivity (Wildman–Crippen MR) is 132 cm³/mol. The van der Waals surface area contributed by atoms with Crippen LogP contribution in [0.4, 0.5) is 0 Å². The first-order valence-electron chi connectivity index (χ1n) is 9.52. The molecule has 176 valence electrons. The van der Waals surface area contributed by atoms with Crippen LogP contribution < -0.4 is 19.6 Å². The van der Waals surface area contributed by atoms with Crippen LogP contribution in [0.1, 0.15) is 15.9 Å². The Labute approximate surface area is 215 Å². The smallest absolute Gasteiger partial charge is 0.343 e. The zero-order valence-corrected chi connectivity index (χ0v) is 20.5. The van der Waals surface area contributed by atoms with Crippen LogP contribution in [-0.2, 0) is 4.79 Å². The van der Waals surface area contributed by atoms with Crippen LogP contribution in [0.3, 0.4) is 0 Å². The van der Waals surface area contributed by atoms with Gasteiger partial charge in [0, 0.05) is 5.02 Å². The van der Waals surface area contributed by atoms with E-state index in [1.807, 2.05) is 0 Å². The number of hydrazone groups is 1. The lowest BCUT2D eigenvalue weighted by Crippen LogP contribution is -2.24. The summed E-state index contributed by atoms with van der Waals surface area (Å²) in [6.45, 7) is -0.300. The highest BCUT2D eigenvalue weighted by atomic mass is 35.5. The molecule has 1 amide bonds. The molecule has 0 spiro atoms. The van der Waals surface area contributed by atoms with E-state index in [0.717, 1.165) is 0 Å². The van der Waals surface area contributed by atoms with Gasteiger partial charge in [-0.25, -0.2) is 10.2 Å². The summed E-state index contributed by atoms with van der Waals surface area (Å²) < 4.78 is 16.0. The van der Waals surface area contributed by atoms with E-state index >= 15 is 0 Å². The predicted octanol–water partition coefficient (Wildman–Crippen LogP) is 6.06. The molecule has 0 atom stereocenters. The molecule has 0 heterocycles. The Morgan fingerprint density at radius 2 is 1.65 bits per heavy atom. The zero-order valence-electron chi connectivity index (χ0n) is 17.5. The number of carbonyl (C=O) groups excluding carboxylic acids is 2. The molecule has 0 aliphatic rings. The summed E-state index contributed by atoms with van der Waals surface area (Å²) in [7, 11) is 1.42. The second-order valence-corrected chi connectivity index (χ2v) is 8.24. The van der Waals surface area contributed by atoms with Crippen molar-refractivity contribution in [3.05, 3.63) is 85.8 Å². The highest BCUT2D eigenvalue weighted by molar-refractivity contribution is 6.42. The molecule has 0 aliphatic heterocycles. The van der Waals surface area contributed by atoms with E-state index in [2.05, 4.69) is 10.5 Å². The Morgan fingerprint density at radius 3 is 2.35 bits per heavy atom. The van der Waals surface area contributed by atoms with Gasteiger partial charge in [0.1, 0.15) is 5.75 Å². The third-order valence-electron chi connectivity index (χ3n) is 4.20. The number of methoxy groups -OCH3 is 1. The fraction of sp³-hybridized carbons (Fsp3) is 0.0870. The molecule has 0 aromatic heterocycles. The van der Waals surface area contributed by atoms with Crippen LogP contribution >= 0.6 is 46.4 Å². The van der Waals surface area contributed by atoms with E-state index in [9.17, 15) is 9.59 Å². The van der Waals surface area contributed by atoms with E-state index in [4.69, 9.17) is 60.6 Å². The maximum absolute atomic E-state index is 12.4. The van der Waals surface area contributed by atoms with Crippen molar-refractivity contribution in [2.45, 2.75) is 0 Å². The van der Waals surface area contributed by atoms with Crippen molar-refractivity contribution in [3.8, 4) is 17.2 Å². The Kier molecular flexibility index (Phi) is 9.01. The molecule has 34 heavy (non-hydrogen) atoms. The van der Waals surface area contributed by atoms with Gasteiger partial charge in [-0.15, -0.1) is 0 Å². The summed E-state index contributed by atoms with van der Waals surface area (Å²) in [5.74, 6) is -0.342. The van der Waals surface area contributed by atoms with Crippen molar-refractivity contribution >= 4 is 64.5 Å². The van der Waals surface area contributed by atoms with Gasteiger partial charge in [-0.3, -0.25) is 4.79 Å². The van der Waals surface area contributed by atoms with Crippen LogP contribution in [-0.4, -0.2) is 31.8 Å². The highest BCUT2D eigenvalue weighted by Gasteiger charge is 2.14. The molecule has 11 heteroatoms. The Balaban J connectivity index is 1.58. The van der Waals surface area contributed by atoms with Crippen LogP contribution in [0.5, 0.6) is 17.2 Å². The molecule has 0 unspecified atom stereocenters. The monoisotopic (exact) mass is 540 g/mol. The standard InChI is InChI=1S/C23H16Cl4N2O5/c1-32-21-8-13(2-6-20(21)34-23(31)14-3-5-16(25)17(26)9-14)11-28-29-22(30)12-33-19-7-4-15(24)10-18(19)27/h2-11H,12H2,1H3,(H,29,30). The average molecular weight is 542 g/mol. The number of hydrogen-bond acceptors (Lipinski definition) is 6. The van der Waals surface area contributed by atoms with Crippen LogP contribution in [0, 0.1) is 0 Å². The molecule has 3 aromatic rings. The van der Waals surface area contributed by atoms with Gasteiger partial charge in [-0.2, -0.15) is 5.10 Å². The number of hydrogen-bond donors (Lipinski definition) is 1. The van der Waals surface area contributed by atoms with E-state index in [-0.39, 0.29) is 33.7 Å². The topological polar surface area (TPSA) is 86.2 Å². The SMILES string of the molecule is COc1cc(C=NNC(=O)COc2ccc(Cl)cc2Cl)ccc1OC(=O)c1ccc(Cl)c(Cl)c1. The average Bonchev–Trinajstić information content (AvgIpc) is 2.81. The molecule has 1 N–H and O–H groups in total. The number of amides is 1. The molecule has 3 aromatic carbocycles. The molecule has 3 rings (SSSR count). The second kappa shape index (κ2) is 11.9. The summed E-state index contributed by atoms with van der Waals surface area (Å²) in [6, 6.07) is 13.8. The lowest BCUT2D eigenvalue weighted by Gasteiger charge is -2.10. The Hall–Kier alpha value is -2.97. The molecular weight excluding hydrogens is 526 g/mol. The Bertz CT molecular complexity index is 1250. The minimum absolute atomic E-state index is 0.188. The fourth-order valence-electron chi connectivity index (χ4n) is 2.58. The van der Waals surface area contributed by atoms with Crippen molar-refractivity contribution < 1.29 is 23.8 Å². The first kappa shape index (κ1) is 25.6. The number of carbonyl (C=O) groups is 2. The van der Waals surface area contributed by atoms with Crippen molar-refractivity contribution in [1.29, 1.82) is 0 Å². The van der Waals surface area contributed by atoms with Crippen molar-refractivity contribution in [2.75, 3.05) is 13.7 Å². The van der Waals surface area contributed by atoms with Gasteiger partial charge >= 0.3 is 5.97 Å². The number of halogens is 4. The van der Waals surface area contributed by atoms with Gasteiger partial charge in [-0.1, -0.05) is 46.4 Å². The number of ether oxygens (including phenoxy) is 3. The van der Waals surface area contributed by atoms with Gasteiger partial charge in [0.2, 0.25) is 0 Å². The molecule has 7 nitrogen and oxygen atoms in total. The van der Waals surface area contributed by atoms with E-state index in [0.29, 0.717) is 21.4 Å². The van der Waals surface area contributed by atoms with Gasteiger partial charge in [0.05, 0.1) is 34.0 Å². The molecule has 0 fully saturated rings. The quantitative estimate of drug-likeness (QED) is 0.162. The number of nitrogens with one attached hydrogen (secondary N) is 1. The lowest BCUT2D eigenvalue weighted by atomic mass is 10.2. The Morgan fingerprint density at radius 1 is 0.882 bits per heavy atom. The van der Waals surface area contributed by atoms with E-state index < -0.39 is 11.9 Å². The van der Waals surface area contributed by atoms with Crippen LogP contribution in [0.15, 0.2) is 59.7 Å². The minimum Gasteiger partial charge on any atom is -0.493 e. The minimum atomic E-state index is -0.633. The third-order valence-corrected chi connectivity index (χ3v) is 5.47. The molecule has 0 saturated heterocycles. The van der Waals surface area contributed by atoms with Gasteiger partial charge in [0.25, 0.3) is 5.91 Å². The summed E-state index contributed by atoms with van der Waals surface area (Å²) >= 11 is 23.6. The number of rotatable bonds is 8.